The van der Waals surface area contributed by atoms with Crippen molar-refractivity contribution in [2.45, 2.75) is 23.8 Å². The molecule has 0 aliphatic heterocycles. The highest BCUT2D eigenvalue weighted by Gasteiger charge is 2.50. The summed E-state index contributed by atoms with van der Waals surface area (Å²) in [5.41, 5.74) is 0.367. The van der Waals surface area contributed by atoms with E-state index in [2.05, 4.69) is 0 Å². The van der Waals surface area contributed by atoms with Gasteiger partial charge in [-0.05, 0) is 36.8 Å². The van der Waals surface area contributed by atoms with Crippen molar-refractivity contribution in [2.75, 3.05) is 0 Å². The first kappa shape index (κ1) is 22.1. The average molecular weight is 450 g/mol. The normalized spacial score (nSPS) is 13.1. The highest BCUT2D eigenvalue weighted by molar-refractivity contribution is 7.89. The summed E-state index contributed by atoms with van der Waals surface area (Å²) in [4.78, 5) is 12.5. The number of carbonyl (C=O) groups excluding carboxylic acids is 1. The van der Waals surface area contributed by atoms with E-state index in [-0.39, 0.29) is 21.0 Å². The summed E-state index contributed by atoms with van der Waals surface area (Å²) in [6, 6.07) is 16.2. The van der Waals surface area contributed by atoms with E-state index < -0.39 is 27.8 Å². The number of alkyl halides is 2. The molecule has 0 radical (unpaired) electrons. The molecule has 0 bridgehead atoms. The molecule has 0 fully saturated rings. The summed E-state index contributed by atoms with van der Waals surface area (Å²) in [5, 5.41) is -0.143. The predicted octanol–water partition coefficient (Wildman–Crippen LogP) is 5.19. The Morgan fingerprint density at radius 1 is 0.933 bits per heavy atom. The number of Topliss-reactive ketones (excluding diaryl/α,β-unsaturated/α-hetero) is 1. The number of rotatable bonds is 7. The maximum Gasteiger partial charge on any atom is 0.329 e. The van der Waals surface area contributed by atoms with E-state index in [0.717, 1.165) is 5.56 Å². The van der Waals surface area contributed by atoms with E-state index in [1.165, 1.54) is 60.7 Å². The lowest BCUT2D eigenvalue weighted by Crippen LogP contribution is -2.45. The van der Waals surface area contributed by atoms with Crippen LogP contribution in [0.2, 0.25) is 5.02 Å². The minimum Gasteiger partial charge on any atom is -0.287 e. The van der Waals surface area contributed by atoms with Crippen LogP contribution in [0.4, 0.5) is 8.78 Å². The van der Waals surface area contributed by atoms with Gasteiger partial charge in [0, 0.05) is 5.56 Å². The zero-order chi connectivity index (χ0) is 21.9. The maximum absolute atomic E-state index is 15.4. The van der Waals surface area contributed by atoms with Crippen LogP contribution in [-0.4, -0.2) is 20.1 Å². The molecule has 8 heteroatoms. The highest BCUT2D eigenvalue weighted by Crippen LogP contribution is 2.37. The van der Waals surface area contributed by atoms with Crippen LogP contribution in [0.3, 0.4) is 0 Å². The van der Waals surface area contributed by atoms with Crippen LogP contribution in [0, 0.1) is 6.92 Å². The molecule has 0 aliphatic rings. The Balaban J connectivity index is 2.06. The number of nitrogens with one attached hydrogen (secondary N) is 1. The summed E-state index contributed by atoms with van der Waals surface area (Å²) in [6.07, 6.45) is 0. The SMILES string of the molecule is Cc1ccc(S(=O)(=O)NC(c2ccccc2)C(F)(F)C(=O)c2ccccc2Cl)cc1. The summed E-state index contributed by atoms with van der Waals surface area (Å²) in [6.45, 7) is 1.77. The minimum atomic E-state index is -4.35. The largest absolute Gasteiger partial charge is 0.329 e. The fraction of sp³-hybridized carbons (Fsp3) is 0.136. The van der Waals surface area contributed by atoms with Gasteiger partial charge < -0.3 is 0 Å². The van der Waals surface area contributed by atoms with Crippen LogP contribution < -0.4 is 4.72 Å². The third-order valence-corrected chi connectivity index (χ3v) is 6.29. The quantitative estimate of drug-likeness (QED) is 0.505. The topological polar surface area (TPSA) is 63.2 Å². The van der Waals surface area contributed by atoms with Crippen LogP contribution in [0.1, 0.15) is 27.5 Å². The Hall–Kier alpha value is -2.61. The van der Waals surface area contributed by atoms with Gasteiger partial charge in [-0.15, -0.1) is 0 Å². The van der Waals surface area contributed by atoms with E-state index in [1.54, 1.807) is 25.1 Å². The molecule has 1 N–H and O–H groups in total. The van der Waals surface area contributed by atoms with Crippen molar-refractivity contribution in [1.82, 2.24) is 4.72 Å². The molecule has 156 valence electrons. The fourth-order valence-electron chi connectivity index (χ4n) is 2.89. The second-order valence-electron chi connectivity index (χ2n) is 6.71. The van der Waals surface area contributed by atoms with Gasteiger partial charge in [0.1, 0.15) is 6.04 Å². The molecular formula is C22H18ClF2NO3S. The Morgan fingerprint density at radius 2 is 1.50 bits per heavy atom. The van der Waals surface area contributed by atoms with Crippen LogP contribution >= 0.6 is 11.6 Å². The van der Waals surface area contributed by atoms with Gasteiger partial charge in [-0.3, -0.25) is 4.79 Å². The first-order chi connectivity index (χ1) is 14.1. The lowest BCUT2D eigenvalue weighted by Gasteiger charge is -2.27. The van der Waals surface area contributed by atoms with Crippen molar-refractivity contribution in [2.24, 2.45) is 0 Å². The van der Waals surface area contributed by atoms with Crippen molar-refractivity contribution in [3.63, 3.8) is 0 Å². The van der Waals surface area contributed by atoms with Gasteiger partial charge in [0.15, 0.2) is 0 Å². The second kappa shape index (κ2) is 8.63. The fourth-order valence-corrected chi connectivity index (χ4v) is 4.34. The number of carbonyl (C=O) groups is 1. The summed E-state index contributed by atoms with van der Waals surface area (Å²) < 4.78 is 58.5. The third-order valence-electron chi connectivity index (χ3n) is 4.52. The minimum absolute atomic E-state index is 0.0569. The third kappa shape index (κ3) is 4.59. The number of hydrogen-bond acceptors (Lipinski definition) is 3. The number of hydrogen-bond donors (Lipinski definition) is 1. The van der Waals surface area contributed by atoms with Crippen molar-refractivity contribution in [1.29, 1.82) is 0 Å². The van der Waals surface area contributed by atoms with Gasteiger partial charge in [0.25, 0.3) is 0 Å². The van der Waals surface area contributed by atoms with Gasteiger partial charge in [0.2, 0.25) is 15.8 Å². The molecule has 0 heterocycles. The van der Waals surface area contributed by atoms with Crippen LogP contribution in [0.15, 0.2) is 83.8 Å². The van der Waals surface area contributed by atoms with Gasteiger partial charge in [-0.25, -0.2) is 8.42 Å². The van der Waals surface area contributed by atoms with E-state index in [9.17, 15) is 13.2 Å². The molecule has 0 aliphatic carbocycles. The van der Waals surface area contributed by atoms with E-state index in [1.807, 2.05) is 4.72 Å². The number of benzene rings is 3. The van der Waals surface area contributed by atoms with Crippen molar-refractivity contribution in [3.8, 4) is 0 Å². The van der Waals surface area contributed by atoms with Crippen molar-refractivity contribution < 1.29 is 22.0 Å². The van der Waals surface area contributed by atoms with Crippen LogP contribution in [-0.2, 0) is 10.0 Å². The Morgan fingerprint density at radius 3 is 2.10 bits per heavy atom. The first-order valence-electron chi connectivity index (χ1n) is 8.94. The monoisotopic (exact) mass is 449 g/mol. The van der Waals surface area contributed by atoms with Crippen molar-refractivity contribution >= 4 is 27.4 Å². The molecule has 1 unspecified atom stereocenters. The maximum atomic E-state index is 15.4. The Bertz CT molecular complexity index is 1150. The standard InChI is InChI=1S/C22H18ClF2NO3S/c1-15-11-13-17(14-12-15)30(28,29)26-20(16-7-3-2-4-8-16)22(24,25)21(27)18-9-5-6-10-19(18)23/h2-14,20,26H,1H3. The number of aryl methyl sites for hydroxylation is 1. The lowest BCUT2D eigenvalue weighted by molar-refractivity contribution is -0.0110. The lowest BCUT2D eigenvalue weighted by atomic mass is 9.94. The van der Waals surface area contributed by atoms with Gasteiger partial charge in [0.05, 0.1) is 9.92 Å². The van der Waals surface area contributed by atoms with Crippen molar-refractivity contribution in [3.05, 3.63) is 101 Å². The Labute approximate surface area is 178 Å². The van der Waals surface area contributed by atoms with Crippen LogP contribution in [0.25, 0.3) is 0 Å². The van der Waals surface area contributed by atoms with Crippen LogP contribution in [0.5, 0.6) is 0 Å². The molecular weight excluding hydrogens is 432 g/mol. The van der Waals surface area contributed by atoms with E-state index >= 15 is 8.78 Å². The average Bonchev–Trinajstić information content (AvgIpc) is 2.73. The molecule has 0 aromatic heterocycles. The first-order valence-corrected chi connectivity index (χ1v) is 10.8. The summed E-state index contributed by atoms with van der Waals surface area (Å²) >= 11 is 5.93. The molecule has 3 aromatic rings. The van der Waals surface area contributed by atoms with Gasteiger partial charge in [-0.1, -0.05) is 71.8 Å². The molecule has 3 aromatic carbocycles. The predicted molar refractivity (Wildman–Crippen MR) is 111 cm³/mol. The summed E-state index contributed by atoms with van der Waals surface area (Å²) in [5.74, 6) is -5.68. The zero-order valence-corrected chi connectivity index (χ0v) is 17.4. The molecule has 1 atom stereocenters. The highest BCUT2D eigenvalue weighted by atomic mass is 35.5. The molecule has 0 amide bonds. The van der Waals surface area contributed by atoms with Gasteiger partial charge >= 0.3 is 5.92 Å². The molecule has 3 rings (SSSR count). The molecule has 4 nitrogen and oxygen atoms in total. The molecule has 30 heavy (non-hydrogen) atoms. The molecule has 0 saturated heterocycles. The van der Waals surface area contributed by atoms with Gasteiger partial charge in [-0.2, -0.15) is 13.5 Å². The number of halogens is 3. The van der Waals surface area contributed by atoms with E-state index in [4.69, 9.17) is 11.6 Å². The second-order valence-corrected chi connectivity index (χ2v) is 8.83. The van der Waals surface area contributed by atoms with E-state index in [0.29, 0.717) is 0 Å². The molecule has 0 spiro atoms. The molecule has 0 saturated carbocycles. The zero-order valence-electron chi connectivity index (χ0n) is 15.8. The Kier molecular flexibility index (Phi) is 6.36. The number of sulfonamides is 1. The number of ketones is 1. The smallest absolute Gasteiger partial charge is 0.287 e. The summed E-state index contributed by atoms with van der Waals surface area (Å²) in [7, 11) is -4.35.